The fourth-order valence-electron chi connectivity index (χ4n) is 1.54. The second kappa shape index (κ2) is 6.72. The number of benzene rings is 1. The van der Waals surface area contributed by atoms with Gasteiger partial charge in [0.2, 0.25) is 5.78 Å². The molecule has 0 heterocycles. The third kappa shape index (κ3) is 3.21. The number of ketones is 1. The maximum Gasteiger partial charge on any atom is 0.349 e. The molecule has 0 amide bonds. The normalized spacial score (nSPS) is 11.6. The average Bonchev–Trinajstić information content (AvgIpc) is 2.44. The monoisotopic (exact) mass is 270 g/mol. The zero-order valence-corrected chi connectivity index (χ0v) is 10.9. The standard InChI is InChI=1S/C13H15FO5/c1-4-19-13(16)11(14)12(15)10-8(17-2)6-5-7-9(10)18-3/h5-7,11H,4H2,1-3H3. The minimum absolute atomic E-state index is 0.00437. The lowest BCUT2D eigenvalue weighted by molar-refractivity contribution is -0.147. The summed E-state index contributed by atoms with van der Waals surface area (Å²) in [5.41, 5.74) is -0.118. The first kappa shape index (κ1) is 14.9. The molecule has 0 aromatic heterocycles. The molecule has 0 spiro atoms. The molecule has 0 saturated carbocycles. The van der Waals surface area contributed by atoms with E-state index in [1.54, 1.807) is 6.07 Å². The number of halogens is 1. The maximum absolute atomic E-state index is 13.8. The molecule has 0 radical (unpaired) electrons. The molecular formula is C13H15FO5. The summed E-state index contributed by atoms with van der Waals surface area (Å²) in [6, 6.07) is 4.55. The van der Waals surface area contributed by atoms with Gasteiger partial charge in [-0.15, -0.1) is 0 Å². The quantitative estimate of drug-likeness (QED) is 0.448. The molecule has 0 aliphatic heterocycles. The van der Waals surface area contributed by atoms with E-state index in [0.717, 1.165) is 0 Å². The SMILES string of the molecule is CCOC(=O)C(F)C(=O)c1c(OC)cccc1OC. The van der Waals surface area contributed by atoms with Gasteiger partial charge >= 0.3 is 5.97 Å². The molecule has 0 N–H and O–H groups in total. The topological polar surface area (TPSA) is 61.8 Å². The molecule has 5 nitrogen and oxygen atoms in total. The van der Waals surface area contributed by atoms with E-state index >= 15 is 0 Å². The molecule has 0 bridgehead atoms. The van der Waals surface area contributed by atoms with E-state index in [9.17, 15) is 14.0 Å². The number of ether oxygens (including phenoxy) is 3. The van der Waals surface area contributed by atoms with Crippen molar-refractivity contribution in [1.82, 2.24) is 0 Å². The summed E-state index contributed by atoms with van der Waals surface area (Å²) in [5, 5.41) is 0. The van der Waals surface area contributed by atoms with Crippen LogP contribution < -0.4 is 9.47 Å². The van der Waals surface area contributed by atoms with Crippen LogP contribution in [0.5, 0.6) is 11.5 Å². The number of carbonyl (C=O) groups excluding carboxylic acids is 2. The average molecular weight is 270 g/mol. The van der Waals surface area contributed by atoms with Crippen LogP contribution in [-0.4, -0.2) is 38.8 Å². The molecule has 1 unspecified atom stereocenters. The Labute approximate surface area is 110 Å². The molecule has 6 heteroatoms. The van der Waals surface area contributed by atoms with Gasteiger partial charge in [0.1, 0.15) is 17.1 Å². The van der Waals surface area contributed by atoms with Crippen LogP contribution in [-0.2, 0) is 9.53 Å². The molecule has 0 saturated heterocycles. The highest BCUT2D eigenvalue weighted by molar-refractivity contribution is 6.13. The minimum Gasteiger partial charge on any atom is -0.496 e. The van der Waals surface area contributed by atoms with Gasteiger partial charge in [-0.1, -0.05) is 6.07 Å². The zero-order valence-electron chi connectivity index (χ0n) is 10.9. The van der Waals surface area contributed by atoms with Crippen molar-refractivity contribution in [3.8, 4) is 11.5 Å². The van der Waals surface area contributed by atoms with E-state index in [2.05, 4.69) is 4.74 Å². The summed E-state index contributed by atoms with van der Waals surface area (Å²) in [6.45, 7) is 1.52. The number of carbonyl (C=O) groups is 2. The molecule has 1 atom stereocenters. The van der Waals surface area contributed by atoms with Crippen molar-refractivity contribution < 1.29 is 28.2 Å². The lowest BCUT2D eigenvalue weighted by atomic mass is 10.0. The van der Waals surface area contributed by atoms with Gasteiger partial charge in [0.25, 0.3) is 6.17 Å². The third-order valence-corrected chi connectivity index (χ3v) is 2.40. The van der Waals surface area contributed by atoms with Crippen molar-refractivity contribution >= 4 is 11.8 Å². The molecule has 1 aromatic carbocycles. The Hall–Kier alpha value is -2.11. The second-order valence-corrected chi connectivity index (χ2v) is 3.52. The number of esters is 1. The summed E-state index contributed by atoms with van der Waals surface area (Å²) in [7, 11) is 2.67. The van der Waals surface area contributed by atoms with E-state index in [-0.39, 0.29) is 23.7 Å². The van der Waals surface area contributed by atoms with Gasteiger partial charge < -0.3 is 14.2 Å². The van der Waals surface area contributed by atoms with Gasteiger partial charge in [0.05, 0.1) is 20.8 Å². The molecular weight excluding hydrogens is 255 g/mol. The van der Waals surface area contributed by atoms with Crippen LogP contribution in [0.25, 0.3) is 0 Å². The van der Waals surface area contributed by atoms with Gasteiger partial charge in [-0.3, -0.25) is 4.79 Å². The zero-order chi connectivity index (χ0) is 14.4. The van der Waals surface area contributed by atoms with Crippen molar-refractivity contribution in [1.29, 1.82) is 0 Å². The number of hydrogen-bond donors (Lipinski definition) is 0. The van der Waals surface area contributed by atoms with Gasteiger partial charge in [-0.25, -0.2) is 9.18 Å². The first-order valence-corrected chi connectivity index (χ1v) is 5.62. The van der Waals surface area contributed by atoms with Crippen LogP contribution in [0.3, 0.4) is 0 Å². The summed E-state index contributed by atoms with van der Waals surface area (Å²) >= 11 is 0. The Balaban J connectivity index is 3.14. The summed E-state index contributed by atoms with van der Waals surface area (Å²) in [4.78, 5) is 23.2. The molecule has 1 rings (SSSR count). The highest BCUT2D eigenvalue weighted by Gasteiger charge is 2.32. The van der Waals surface area contributed by atoms with E-state index in [1.165, 1.54) is 33.3 Å². The summed E-state index contributed by atoms with van der Waals surface area (Å²) in [6.07, 6.45) is -2.40. The van der Waals surface area contributed by atoms with Crippen molar-refractivity contribution in [2.45, 2.75) is 13.1 Å². The molecule has 19 heavy (non-hydrogen) atoms. The van der Waals surface area contributed by atoms with Gasteiger partial charge in [0, 0.05) is 0 Å². The number of hydrogen-bond acceptors (Lipinski definition) is 5. The Morgan fingerprint density at radius 1 is 1.21 bits per heavy atom. The summed E-state index contributed by atoms with van der Waals surface area (Å²) < 4.78 is 28.2. The fourth-order valence-corrected chi connectivity index (χ4v) is 1.54. The molecule has 0 aliphatic carbocycles. The number of Topliss-reactive ketones (excluding diaryl/α,β-unsaturated/α-hetero) is 1. The van der Waals surface area contributed by atoms with Crippen molar-refractivity contribution in [2.24, 2.45) is 0 Å². The van der Waals surface area contributed by atoms with Crippen LogP contribution in [0.1, 0.15) is 17.3 Å². The number of alkyl halides is 1. The van der Waals surface area contributed by atoms with Crippen LogP contribution in [0, 0.1) is 0 Å². The highest BCUT2D eigenvalue weighted by Crippen LogP contribution is 2.30. The van der Waals surface area contributed by atoms with Gasteiger partial charge in [-0.2, -0.15) is 0 Å². The predicted molar refractivity (Wildman–Crippen MR) is 65.4 cm³/mol. The minimum atomic E-state index is -2.40. The van der Waals surface area contributed by atoms with E-state index in [1.807, 2.05) is 0 Å². The first-order valence-electron chi connectivity index (χ1n) is 5.62. The Morgan fingerprint density at radius 3 is 2.16 bits per heavy atom. The highest BCUT2D eigenvalue weighted by atomic mass is 19.1. The predicted octanol–water partition coefficient (Wildman–Crippen LogP) is 1.79. The fraction of sp³-hybridized carbons (Fsp3) is 0.385. The van der Waals surface area contributed by atoms with Crippen molar-refractivity contribution in [3.63, 3.8) is 0 Å². The lowest BCUT2D eigenvalue weighted by Gasteiger charge is -2.13. The first-order chi connectivity index (χ1) is 9.06. The summed E-state index contributed by atoms with van der Waals surface area (Å²) in [5.74, 6) is -2.00. The smallest absolute Gasteiger partial charge is 0.349 e. The molecule has 0 aliphatic rings. The third-order valence-electron chi connectivity index (χ3n) is 2.40. The van der Waals surface area contributed by atoms with Crippen LogP contribution in [0.4, 0.5) is 4.39 Å². The van der Waals surface area contributed by atoms with E-state index in [4.69, 9.17) is 9.47 Å². The van der Waals surface area contributed by atoms with Crippen LogP contribution in [0.2, 0.25) is 0 Å². The lowest BCUT2D eigenvalue weighted by Crippen LogP contribution is -2.28. The molecule has 104 valence electrons. The molecule has 1 aromatic rings. The van der Waals surface area contributed by atoms with Crippen molar-refractivity contribution in [3.05, 3.63) is 23.8 Å². The van der Waals surface area contributed by atoms with Crippen LogP contribution >= 0.6 is 0 Å². The number of rotatable bonds is 6. The van der Waals surface area contributed by atoms with Crippen LogP contribution in [0.15, 0.2) is 18.2 Å². The van der Waals surface area contributed by atoms with Gasteiger partial charge in [-0.05, 0) is 19.1 Å². The Kier molecular flexibility index (Phi) is 5.29. The van der Waals surface area contributed by atoms with Crippen molar-refractivity contribution in [2.75, 3.05) is 20.8 Å². The van der Waals surface area contributed by atoms with Gasteiger partial charge in [0.15, 0.2) is 0 Å². The Bertz CT molecular complexity index is 450. The molecule has 0 fully saturated rings. The van der Waals surface area contributed by atoms with E-state index in [0.29, 0.717) is 0 Å². The Morgan fingerprint density at radius 2 is 1.74 bits per heavy atom. The van der Waals surface area contributed by atoms with E-state index < -0.39 is 17.9 Å². The maximum atomic E-state index is 13.8. The largest absolute Gasteiger partial charge is 0.496 e. The second-order valence-electron chi connectivity index (χ2n) is 3.52. The number of methoxy groups -OCH3 is 2.